The Morgan fingerprint density at radius 3 is 1.24 bits per heavy atom. The first-order valence-electron chi connectivity index (χ1n) is 29.2. The third-order valence-electron chi connectivity index (χ3n) is 13.0. The maximum atomic E-state index is 13.5. The van der Waals surface area contributed by atoms with Gasteiger partial charge in [0.15, 0.2) is 5.96 Å². The fourth-order valence-electron chi connectivity index (χ4n) is 8.58. The van der Waals surface area contributed by atoms with Crippen molar-refractivity contribution in [3.63, 3.8) is 0 Å². The van der Waals surface area contributed by atoms with Crippen LogP contribution in [0.5, 0.6) is 11.5 Å². The summed E-state index contributed by atoms with van der Waals surface area (Å²) in [6, 6.07) is 27.2. The lowest BCUT2D eigenvalue weighted by atomic mass is 9.95. The molecule has 6 atom stereocenters. The van der Waals surface area contributed by atoms with Crippen LogP contribution in [-0.2, 0) is 54.5 Å². The maximum absolute atomic E-state index is 13.5. The number of aliphatic carboxylic acids is 1. The summed E-state index contributed by atoms with van der Waals surface area (Å²) in [6.45, 7) is 24.3. The van der Waals surface area contributed by atoms with Crippen LogP contribution in [-0.4, -0.2) is 94.3 Å². The van der Waals surface area contributed by atoms with Crippen molar-refractivity contribution in [2.75, 3.05) is 6.54 Å². The fourth-order valence-corrected chi connectivity index (χ4v) is 8.58. The largest absolute Gasteiger partial charge is 0.488 e. The van der Waals surface area contributed by atoms with Crippen molar-refractivity contribution < 1.29 is 43.3 Å². The average Bonchev–Trinajstić information content (AvgIpc) is 3.62. The quantitative estimate of drug-likeness (QED) is 0.0140. The number of nitrogens with one attached hydrogen (secondary N) is 4. The predicted octanol–water partition coefficient (Wildman–Crippen LogP) is 7.19. The number of guanidine groups is 1. The Morgan fingerprint density at radius 2 is 0.882 bits per heavy atom. The number of benzene rings is 4. The number of amides is 5. The van der Waals surface area contributed by atoms with E-state index in [-0.39, 0.29) is 54.1 Å². The van der Waals surface area contributed by atoms with E-state index in [4.69, 9.17) is 49.3 Å². The van der Waals surface area contributed by atoms with Gasteiger partial charge in [-0.1, -0.05) is 107 Å². The number of nitrogens with zero attached hydrogens (tertiary/aromatic N) is 1. The summed E-state index contributed by atoms with van der Waals surface area (Å²) in [7, 11) is 0. The van der Waals surface area contributed by atoms with E-state index >= 15 is 0 Å². The number of carboxylic acid groups (broad SMARTS) is 1. The zero-order valence-corrected chi connectivity index (χ0v) is 52.3. The molecule has 20 nitrogen and oxygen atoms in total. The first-order valence-corrected chi connectivity index (χ1v) is 29.2. The minimum Gasteiger partial charge on any atom is -0.488 e. The van der Waals surface area contributed by atoms with Gasteiger partial charge in [0.25, 0.3) is 0 Å². The second kappa shape index (κ2) is 36.0. The minimum absolute atomic E-state index is 0.0555. The summed E-state index contributed by atoms with van der Waals surface area (Å²) < 4.78 is 11.7. The molecule has 6 unspecified atom stereocenters. The van der Waals surface area contributed by atoms with Crippen LogP contribution in [0.3, 0.4) is 0 Å². The predicted molar refractivity (Wildman–Crippen MR) is 338 cm³/mol. The average molecular weight is 1180 g/mol. The van der Waals surface area contributed by atoms with Crippen molar-refractivity contribution >= 4 is 47.3 Å². The molecule has 0 fully saturated rings. The highest BCUT2D eigenvalue weighted by atomic mass is 16.5. The molecule has 0 bridgehead atoms. The van der Waals surface area contributed by atoms with Crippen LogP contribution in [0.1, 0.15) is 167 Å². The van der Waals surface area contributed by atoms with Gasteiger partial charge in [-0.3, -0.25) is 34.4 Å². The van der Waals surface area contributed by atoms with Crippen molar-refractivity contribution in [2.24, 2.45) is 51.2 Å². The highest BCUT2D eigenvalue weighted by Gasteiger charge is 2.29. The van der Waals surface area contributed by atoms with Crippen molar-refractivity contribution in [3.05, 3.63) is 130 Å². The SMILES string of the molecule is CC(C)Cc1ccc(C(C)C(=O)NC(Cc2ccc(OC(C)(C)C)cc2)C(=O)NC(CCCN=C(N)N)C(N)=O)cc1.CC(C)Cc1ccc(C(C)C(=O)NC(Cc2ccc(OC(C)(C)C)cc2)C(=O)O)cc1.N=C(N)CCCCC(N)C(N)=O. The zero-order chi connectivity index (χ0) is 64.2. The van der Waals surface area contributed by atoms with Crippen LogP contribution >= 0.6 is 0 Å². The molecular weight excluding hydrogens is 1080 g/mol. The Balaban J connectivity index is 0.000000500. The topological polar surface area (TPSA) is 370 Å². The van der Waals surface area contributed by atoms with E-state index in [2.05, 4.69) is 48.6 Å². The normalized spacial score (nSPS) is 13.4. The van der Waals surface area contributed by atoms with Crippen LogP contribution < -0.4 is 59.8 Å². The van der Waals surface area contributed by atoms with Gasteiger partial charge in [-0.2, -0.15) is 0 Å². The number of hydrogen-bond acceptors (Lipinski definition) is 11. The van der Waals surface area contributed by atoms with Crippen LogP contribution in [0, 0.1) is 17.2 Å². The van der Waals surface area contributed by atoms with Gasteiger partial charge < -0.3 is 64.9 Å². The van der Waals surface area contributed by atoms with E-state index in [9.17, 15) is 33.9 Å². The van der Waals surface area contributed by atoms with E-state index in [1.54, 1.807) is 13.8 Å². The van der Waals surface area contributed by atoms with Crippen LogP contribution in [0.25, 0.3) is 0 Å². The molecule has 4 aromatic rings. The van der Waals surface area contributed by atoms with Crippen molar-refractivity contribution in [1.82, 2.24) is 16.0 Å². The molecule has 85 heavy (non-hydrogen) atoms. The summed E-state index contributed by atoms with van der Waals surface area (Å²) >= 11 is 0. The fraction of sp³-hybridized carbons (Fsp3) is 0.508. The number of unbranched alkanes of at least 4 members (excludes halogenated alkanes) is 1. The molecule has 4 aromatic carbocycles. The van der Waals surface area contributed by atoms with Crippen molar-refractivity contribution in [2.45, 2.75) is 194 Å². The molecule has 0 radical (unpaired) electrons. The first-order chi connectivity index (χ1) is 39.6. The summed E-state index contributed by atoms with van der Waals surface area (Å²) in [4.78, 5) is 77.8. The standard InChI is InChI=1S/C32H48N6O4.C26H35NO4.C7H16N4O/c1-20(2)18-22-9-13-24(14-10-22)21(3)29(40)38-27(19-23-11-15-25(16-12-23)42-32(4,5)6)30(41)37-26(28(33)39)8-7-17-36-31(34)35;1-17(2)15-19-7-11-21(12-8-19)18(3)24(28)27-23(25(29)30)16-20-9-13-22(14-10-20)31-26(4,5)6;8-5(7(11)12)3-1-2-4-6(9)10/h9-16,20-21,26-27H,7-8,17-19H2,1-6H3,(H2,33,39)(H,37,41)(H,38,40)(H4,34,35,36);7-14,17-18,23H,15-16H2,1-6H3,(H,27,28)(H,29,30);5H,1-4,8H2,(H3,9,10)(H2,11,12). The molecular formula is C65H99N11O9. The van der Waals surface area contributed by atoms with E-state index in [0.717, 1.165) is 53.7 Å². The zero-order valence-electron chi connectivity index (χ0n) is 52.3. The number of hydrogen-bond donors (Lipinski definition) is 11. The molecule has 5 amide bonds. The van der Waals surface area contributed by atoms with Gasteiger partial charge in [-0.15, -0.1) is 0 Å². The molecule has 0 saturated heterocycles. The number of ether oxygens (including phenoxy) is 2. The molecule has 0 aliphatic carbocycles. The second-order valence-corrected chi connectivity index (χ2v) is 24.4. The van der Waals surface area contributed by atoms with E-state index in [1.165, 1.54) is 11.1 Å². The summed E-state index contributed by atoms with van der Waals surface area (Å²) in [6.07, 6.45) is 5.73. The van der Waals surface area contributed by atoms with E-state index < -0.39 is 59.7 Å². The number of amidine groups is 1. The van der Waals surface area contributed by atoms with Gasteiger partial charge in [0.05, 0.1) is 23.7 Å². The van der Waals surface area contributed by atoms with Crippen molar-refractivity contribution in [3.8, 4) is 11.5 Å². The molecule has 0 aromatic heterocycles. The number of nitrogens with two attached hydrogens (primary N) is 6. The Morgan fingerprint density at radius 1 is 0.506 bits per heavy atom. The highest BCUT2D eigenvalue weighted by Crippen LogP contribution is 2.24. The molecule has 17 N–H and O–H groups in total. The molecule has 20 heteroatoms. The van der Waals surface area contributed by atoms with Gasteiger partial charge in [-0.25, -0.2) is 4.79 Å². The van der Waals surface area contributed by atoms with Crippen LogP contribution in [0.15, 0.2) is 102 Å². The van der Waals surface area contributed by atoms with Gasteiger partial charge in [-0.05, 0) is 163 Å². The van der Waals surface area contributed by atoms with Crippen LogP contribution in [0.4, 0.5) is 0 Å². The number of carboxylic acids is 1. The minimum atomic E-state index is -1.05. The second-order valence-electron chi connectivity index (χ2n) is 24.4. The lowest BCUT2D eigenvalue weighted by molar-refractivity contribution is -0.142. The number of primary amides is 2. The number of carbonyl (C=O) groups is 6. The van der Waals surface area contributed by atoms with Gasteiger partial charge >= 0.3 is 5.97 Å². The Labute approximate surface area is 504 Å². The van der Waals surface area contributed by atoms with Gasteiger partial charge in [0, 0.05) is 25.8 Å². The summed E-state index contributed by atoms with van der Waals surface area (Å²) in [5.41, 5.74) is 36.9. The molecule has 468 valence electrons. The monoisotopic (exact) mass is 1180 g/mol. The third-order valence-corrected chi connectivity index (χ3v) is 13.0. The van der Waals surface area contributed by atoms with Gasteiger partial charge in [0.2, 0.25) is 29.5 Å². The third kappa shape index (κ3) is 30.9. The smallest absolute Gasteiger partial charge is 0.326 e. The van der Waals surface area contributed by atoms with E-state index in [0.29, 0.717) is 43.4 Å². The molecule has 0 heterocycles. The lowest BCUT2D eigenvalue weighted by Gasteiger charge is -2.24. The number of carbonyl (C=O) groups excluding carboxylic acids is 5. The summed E-state index contributed by atoms with van der Waals surface area (Å²) in [5, 5.41) is 24.9. The molecule has 4 rings (SSSR count). The Hall–Kier alpha value is -8.00. The van der Waals surface area contributed by atoms with E-state index in [1.807, 2.05) is 139 Å². The summed E-state index contributed by atoms with van der Waals surface area (Å²) in [5.74, 6) is -1.62. The maximum Gasteiger partial charge on any atom is 0.326 e. The molecule has 0 saturated carbocycles. The lowest BCUT2D eigenvalue weighted by Crippen LogP contribution is -2.54. The molecule has 0 aliphatic rings. The van der Waals surface area contributed by atoms with Crippen LogP contribution in [0.2, 0.25) is 0 Å². The van der Waals surface area contributed by atoms with Crippen molar-refractivity contribution in [1.29, 1.82) is 5.41 Å². The molecule has 0 spiro atoms. The Bertz CT molecular complexity index is 2750. The first kappa shape index (κ1) is 73.1. The molecule has 0 aliphatic heterocycles. The van der Waals surface area contributed by atoms with Gasteiger partial charge in [0.1, 0.15) is 40.8 Å². The number of rotatable bonds is 30. The Kier molecular flexibility index (Phi) is 30.9. The highest BCUT2D eigenvalue weighted by molar-refractivity contribution is 5.93. The number of aliphatic imine (C=N–C) groups is 1.